The summed E-state index contributed by atoms with van der Waals surface area (Å²) in [6.45, 7) is 8.47. The van der Waals surface area contributed by atoms with E-state index in [4.69, 9.17) is 4.42 Å². The van der Waals surface area contributed by atoms with Crippen LogP contribution in [0.15, 0.2) is 41.0 Å². The zero-order chi connectivity index (χ0) is 14.0. The van der Waals surface area contributed by atoms with Crippen molar-refractivity contribution in [1.29, 1.82) is 0 Å². The quantitative estimate of drug-likeness (QED) is 0.763. The summed E-state index contributed by atoms with van der Waals surface area (Å²) in [6, 6.07) is 9.60. The molecule has 0 radical (unpaired) electrons. The molecule has 1 heterocycles. The summed E-state index contributed by atoms with van der Waals surface area (Å²) in [7, 11) is 0. The number of ketones is 1. The normalized spacial score (nSPS) is 11.6. The molecule has 0 N–H and O–H groups in total. The Balaban J connectivity index is 2.30. The highest BCUT2D eigenvalue weighted by atomic mass is 16.3. The molecular formula is C17H20O2. The van der Waals surface area contributed by atoms with E-state index in [9.17, 15) is 4.79 Å². The van der Waals surface area contributed by atoms with Crippen LogP contribution in [0.3, 0.4) is 0 Å². The Morgan fingerprint density at radius 3 is 2.26 bits per heavy atom. The molecule has 0 amide bonds. The van der Waals surface area contributed by atoms with E-state index < -0.39 is 0 Å². The summed E-state index contributed by atoms with van der Waals surface area (Å²) >= 11 is 0. The predicted octanol–water partition coefficient (Wildman–Crippen LogP) is 4.37. The second-order valence-electron chi connectivity index (χ2n) is 5.77. The Bertz CT molecular complexity index is 568. The Labute approximate surface area is 114 Å². The van der Waals surface area contributed by atoms with Crippen LogP contribution in [0.4, 0.5) is 0 Å². The minimum absolute atomic E-state index is 0.0334. The predicted molar refractivity (Wildman–Crippen MR) is 76.7 cm³/mol. The van der Waals surface area contributed by atoms with E-state index >= 15 is 0 Å². The highest BCUT2D eigenvalue weighted by Gasteiger charge is 2.17. The third-order valence-corrected chi connectivity index (χ3v) is 3.32. The van der Waals surface area contributed by atoms with E-state index in [0.717, 1.165) is 12.2 Å². The van der Waals surface area contributed by atoms with Gasteiger partial charge in [0.2, 0.25) is 0 Å². The largest absolute Gasteiger partial charge is 0.469 e. The van der Waals surface area contributed by atoms with E-state index in [0.29, 0.717) is 11.1 Å². The van der Waals surface area contributed by atoms with E-state index in [2.05, 4.69) is 20.8 Å². The van der Waals surface area contributed by atoms with Gasteiger partial charge in [-0.3, -0.25) is 4.79 Å². The molecule has 0 aliphatic carbocycles. The van der Waals surface area contributed by atoms with Gasteiger partial charge in [-0.2, -0.15) is 0 Å². The van der Waals surface area contributed by atoms with Crippen LogP contribution in [0.2, 0.25) is 0 Å². The minimum atomic E-state index is 0.0334. The summed E-state index contributed by atoms with van der Waals surface area (Å²) in [5, 5.41) is 0. The molecule has 0 aliphatic rings. The molecule has 0 fully saturated rings. The lowest BCUT2D eigenvalue weighted by atomic mass is 9.86. The summed E-state index contributed by atoms with van der Waals surface area (Å²) in [6.07, 6.45) is 2.31. The van der Waals surface area contributed by atoms with Gasteiger partial charge < -0.3 is 4.42 Å². The molecule has 2 aromatic rings. The SMILES string of the molecule is CCc1occc1C(=O)c1ccc(C(C)(C)C)cc1. The van der Waals surface area contributed by atoms with E-state index in [1.807, 2.05) is 31.2 Å². The second kappa shape index (κ2) is 5.04. The molecule has 0 spiro atoms. The maximum atomic E-state index is 12.4. The summed E-state index contributed by atoms with van der Waals surface area (Å²) in [5.41, 5.74) is 2.72. The van der Waals surface area contributed by atoms with Crippen LogP contribution < -0.4 is 0 Å². The lowest BCUT2D eigenvalue weighted by molar-refractivity contribution is 0.103. The van der Waals surface area contributed by atoms with Crippen molar-refractivity contribution in [1.82, 2.24) is 0 Å². The van der Waals surface area contributed by atoms with Crippen LogP contribution in [-0.2, 0) is 11.8 Å². The van der Waals surface area contributed by atoms with Crippen LogP contribution in [0.5, 0.6) is 0 Å². The van der Waals surface area contributed by atoms with Gasteiger partial charge >= 0.3 is 0 Å². The molecular weight excluding hydrogens is 236 g/mol. The highest BCUT2D eigenvalue weighted by Crippen LogP contribution is 2.23. The number of hydrogen-bond donors (Lipinski definition) is 0. The molecule has 2 nitrogen and oxygen atoms in total. The molecule has 0 aliphatic heterocycles. The van der Waals surface area contributed by atoms with Gasteiger partial charge in [-0.15, -0.1) is 0 Å². The molecule has 2 heteroatoms. The number of furan rings is 1. The van der Waals surface area contributed by atoms with Crippen molar-refractivity contribution in [3.63, 3.8) is 0 Å². The first-order chi connectivity index (χ1) is 8.93. The number of carbonyl (C=O) groups is 1. The Hall–Kier alpha value is -1.83. The van der Waals surface area contributed by atoms with Crippen molar-refractivity contribution in [3.8, 4) is 0 Å². The van der Waals surface area contributed by atoms with E-state index in [1.54, 1.807) is 12.3 Å². The molecule has 19 heavy (non-hydrogen) atoms. The zero-order valence-corrected chi connectivity index (χ0v) is 12.0. The van der Waals surface area contributed by atoms with Crippen molar-refractivity contribution in [2.45, 2.75) is 39.5 Å². The van der Waals surface area contributed by atoms with Gasteiger partial charge in [0.25, 0.3) is 0 Å². The molecule has 0 saturated heterocycles. The molecule has 100 valence electrons. The Morgan fingerprint density at radius 1 is 1.11 bits per heavy atom. The van der Waals surface area contributed by atoms with Crippen LogP contribution in [0, 0.1) is 0 Å². The van der Waals surface area contributed by atoms with Crippen LogP contribution in [-0.4, -0.2) is 5.78 Å². The molecule has 0 saturated carbocycles. The van der Waals surface area contributed by atoms with Gasteiger partial charge in [-0.25, -0.2) is 0 Å². The van der Waals surface area contributed by atoms with Crippen molar-refractivity contribution < 1.29 is 9.21 Å². The molecule has 2 rings (SSSR count). The molecule has 0 atom stereocenters. The number of carbonyl (C=O) groups excluding carboxylic acids is 1. The van der Waals surface area contributed by atoms with Crippen LogP contribution in [0.25, 0.3) is 0 Å². The van der Waals surface area contributed by atoms with Crippen molar-refractivity contribution in [2.24, 2.45) is 0 Å². The number of rotatable bonds is 3. The lowest BCUT2D eigenvalue weighted by Crippen LogP contribution is -2.11. The van der Waals surface area contributed by atoms with Gasteiger partial charge in [-0.1, -0.05) is 52.0 Å². The van der Waals surface area contributed by atoms with Crippen molar-refractivity contribution in [2.75, 3.05) is 0 Å². The first-order valence-corrected chi connectivity index (χ1v) is 6.65. The van der Waals surface area contributed by atoms with Gasteiger partial charge in [0.15, 0.2) is 5.78 Å². The fraction of sp³-hybridized carbons (Fsp3) is 0.353. The van der Waals surface area contributed by atoms with Crippen molar-refractivity contribution >= 4 is 5.78 Å². The van der Waals surface area contributed by atoms with Gasteiger partial charge in [-0.05, 0) is 17.0 Å². The minimum Gasteiger partial charge on any atom is -0.469 e. The second-order valence-corrected chi connectivity index (χ2v) is 5.77. The smallest absolute Gasteiger partial charge is 0.196 e. The fourth-order valence-electron chi connectivity index (χ4n) is 2.09. The third-order valence-electron chi connectivity index (χ3n) is 3.32. The van der Waals surface area contributed by atoms with Crippen LogP contribution in [0.1, 0.15) is 54.9 Å². The number of hydrogen-bond acceptors (Lipinski definition) is 2. The maximum Gasteiger partial charge on any atom is 0.196 e. The summed E-state index contributed by atoms with van der Waals surface area (Å²) < 4.78 is 5.31. The fourth-order valence-corrected chi connectivity index (χ4v) is 2.09. The zero-order valence-electron chi connectivity index (χ0n) is 12.0. The number of benzene rings is 1. The first-order valence-electron chi connectivity index (χ1n) is 6.65. The molecule has 0 unspecified atom stereocenters. The average Bonchev–Trinajstić information content (AvgIpc) is 2.85. The average molecular weight is 256 g/mol. The lowest BCUT2D eigenvalue weighted by Gasteiger charge is -2.18. The van der Waals surface area contributed by atoms with E-state index in [1.165, 1.54) is 5.56 Å². The molecule has 1 aromatic carbocycles. The molecule has 1 aromatic heterocycles. The van der Waals surface area contributed by atoms with Gasteiger partial charge in [0, 0.05) is 12.0 Å². The van der Waals surface area contributed by atoms with Gasteiger partial charge in [0.05, 0.1) is 11.8 Å². The topological polar surface area (TPSA) is 30.2 Å². The Kier molecular flexibility index (Phi) is 3.61. The monoisotopic (exact) mass is 256 g/mol. The highest BCUT2D eigenvalue weighted by molar-refractivity contribution is 6.09. The maximum absolute atomic E-state index is 12.4. The first kappa shape index (κ1) is 13.6. The number of aryl methyl sites for hydroxylation is 1. The summed E-state index contributed by atoms with van der Waals surface area (Å²) in [5.74, 6) is 0.788. The Morgan fingerprint density at radius 2 is 1.74 bits per heavy atom. The van der Waals surface area contributed by atoms with Gasteiger partial charge in [0.1, 0.15) is 5.76 Å². The van der Waals surface area contributed by atoms with Crippen LogP contribution >= 0.6 is 0 Å². The molecule has 0 bridgehead atoms. The summed E-state index contributed by atoms with van der Waals surface area (Å²) in [4.78, 5) is 12.4. The standard InChI is InChI=1S/C17H20O2/c1-5-15-14(10-11-19-15)16(18)12-6-8-13(9-7-12)17(2,3)4/h6-11H,5H2,1-4H3. The third kappa shape index (κ3) is 2.78. The van der Waals surface area contributed by atoms with Crippen molar-refractivity contribution in [3.05, 3.63) is 59.0 Å². The van der Waals surface area contributed by atoms with E-state index in [-0.39, 0.29) is 11.2 Å².